The standard InChI is InChI=1S/C16H19N3O5/c1-22-14-10-12(18-15(20)4-5-17)2-3-13(14)24-11-16(21)19-6-8-23-9-7-19/h2-3,10H,4,6-9,11H2,1H3,(H,18,20). The summed E-state index contributed by atoms with van der Waals surface area (Å²) in [7, 11) is 1.47. The van der Waals surface area contributed by atoms with Crippen molar-refractivity contribution in [1.29, 1.82) is 5.26 Å². The largest absolute Gasteiger partial charge is 0.493 e. The maximum Gasteiger partial charge on any atom is 0.260 e. The molecule has 1 saturated heterocycles. The third kappa shape index (κ3) is 4.86. The predicted octanol–water partition coefficient (Wildman–Crippen LogP) is 0.785. The average Bonchev–Trinajstić information content (AvgIpc) is 2.61. The number of ether oxygens (including phenoxy) is 3. The van der Waals surface area contributed by atoms with Crippen LogP contribution in [0.2, 0.25) is 0 Å². The van der Waals surface area contributed by atoms with Gasteiger partial charge in [0.15, 0.2) is 18.1 Å². The first-order chi connectivity index (χ1) is 11.6. The topological polar surface area (TPSA) is 101 Å². The fourth-order valence-corrected chi connectivity index (χ4v) is 2.19. The first-order valence-electron chi connectivity index (χ1n) is 7.47. The number of rotatable bonds is 6. The van der Waals surface area contributed by atoms with Crippen molar-refractivity contribution >= 4 is 17.5 Å². The normalized spacial score (nSPS) is 13.8. The first kappa shape index (κ1) is 17.6. The van der Waals surface area contributed by atoms with Gasteiger partial charge in [-0.1, -0.05) is 0 Å². The van der Waals surface area contributed by atoms with E-state index in [0.717, 1.165) is 0 Å². The Balaban J connectivity index is 1.95. The minimum Gasteiger partial charge on any atom is -0.493 e. The van der Waals surface area contributed by atoms with E-state index in [2.05, 4.69) is 5.32 Å². The van der Waals surface area contributed by atoms with Gasteiger partial charge in [0.05, 0.1) is 26.4 Å². The van der Waals surface area contributed by atoms with Crippen LogP contribution < -0.4 is 14.8 Å². The lowest BCUT2D eigenvalue weighted by atomic mass is 10.2. The van der Waals surface area contributed by atoms with Crippen molar-refractivity contribution in [2.75, 3.05) is 45.3 Å². The molecule has 1 aliphatic heterocycles. The molecule has 0 aromatic heterocycles. The molecule has 1 aromatic carbocycles. The van der Waals surface area contributed by atoms with E-state index >= 15 is 0 Å². The Morgan fingerprint density at radius 2 is 2.08 bits per heavy atom. The number of benzene rings is 1. The van der Waals surface area contributed by atoms with Gasteiger partial charge in [0.2, 0.25) is 5.91 Å². The molecule has 128 valence electrons. The molecule has 1 aliphatic rings. The van der Waals surface area contributed by atoms with E-state index < -0.39 is 5.91 Å². The minimum absolute atomic E-state index is 0.101. The highest BCUT2D eigenvalue weighted by molar-refractivity contribution is 5.92. The van der Waals surface area contributed by atoms with Crippen LogP contribution in [0.25, 0.3) is 0 Å². The Bertz CT molecular complexity index is 635. The van der Waals surface area contributed by atoms with Crippen molar-refractivity contribution in [2.24, 2.45) is 0 Å². The molecule has 8 nitrogen and oxygen atoms in total. The average molecular weight is 333 g/mol. The summed E-state index contributed by atoms with van der Waals surface area (Å²) in [5.74, 6) is 0.263. The van der Waals surface area contributed by atoms with Crippen LogP contribution in [-0.4, -0.2) is 56.7 Å². The number of anilines is 1. The Kier molecular flexibility index (Phi) is 6.40. The number of hydrogen-bond donors (Lipinski definition) is 1. The SMILES string of the molecule is COc1cc(NC(=O)CC#N)ccc1OCC(=O)N1CCOCC1. The zero-order valence-corrected chi connectivity index (χ0v) is 13.4. The highest BCUT2D eigenvalue weighted by Crippen LogP contribution is 2.30. The smallest absolute Gasteiger partial charge is 0.260 e. The minimum atomic E-state index is -0.407. The van der Waals surface area contributed by atoms with Gasteiger partial charge in [-0.3, -0.25) is 9.59 Å². The van der Waals surface area contributed by atoms with Crippen LogP contribution in [0, 0.1) is 11.3 Å². The third-order valence-corrected chi connectivity index (χ3v) is 3.40. The summed E-state index contributed by atoms with van der Waals surface area (Å²) in [4.78, 5) is 25.2. The molecule has 24 heavy (non-hydrogen) atoms. The number of carbonyl (C=O) groups excluding carboxylic acids is 2. The maximum absolute atomic E-state index is 12.1. The van der Waals surface area contributed by atoms with Gasteiger partial charge in [0, 0.05) is 24.8 Å². The molecule has 1 N–H and O–H groups in total. The van der Waals surface area contributed by atoms with E-state index in [-0.39, 0.29) is 18.9 Å². The van der Waals surface area contributed by atoms with Gasteiger partial charge in [-0.25, -0.2) is 0 Å². The molecule has 0 aliphatic carbocycles. The molecule has 1 fully saturated rings. The Morgan fingerprint density at radius 3 is 2.75 bits per heavy atom. The summed E-state index contributed by atoms with van der Waals surface area (Å²) in [5, 5.41) is 11.1. The summed E-state index contributed by atoms with van der Waals surface area (Å²) < 4.78 is 15.9. The fraction of sp³-hybridized carbons (Fsp3) is 0.438. The van der Waals surface area contributed by atoms with Gasteiger partial charge in [-0.2, -0.15) is 5.26 Å². The summed E-state index contributed by atoms with van der Waals surface area (Å²) in [6.45, 7) is 2.08. The lowest BCUT2D eigenvalue weighted by molar-refractivity contribution is -0.137. The number of amides is 2. The van der Waals surface area contributed by atoms with Gasteiger partial charge in [0.1, 0.15) is 6.42 Å². The zero-order chi connectivity index (χ0) is 17.4. The Labute approximate surface area is 139 Å². The molecule has 0 radical (unpaired) electrons. The fourth-order valence-electron chi connectivity index (χ4n) is 2.19. The number of nitrogens with one attached hydrogen (secondary N) is 1. The highest BCUT2D eigenvalue weighted by atomic mass is 16.5. The van der Waals surface area contributed by atoms with E-state index in [1.807, 2.05) is 0 Å². The molecule has 2 amide bonds. The zero-order valence-electron chi connectivity index (χ0n) is 13.4. The number of carbonyl (C=O) groups is 2. The summed E-state index contributed by atoms with van der Waals surface area (Å²) in [6.07, 6.45) is -0.228. The van der Waals surface area contributed by atoms with Crippen molar-refractivity contribution < 1.29 is 23.8 Å². The molecule has 0 spiro atoms. The summed E-state index contributed by atoms with van der Waals surface area (Å²) in [5.41, 5.74) is 0.485. The van der Waals surface area contributed by atoms with Gasteiger partial charge in [-0.15, -0.1) is 0 Å². The number of methoxy groups -OCH3 is 1. The lowest BCUT2D eigenvalue weighted by Gasteiger charge is -2.26. The second-order valence-electron chi connectivity index (χ2n) is 5.03. The second kappa shape index (κ2) is 8.74. The monoisotopic (exact) mass is 333 g/mol. The molecule has 0 unspecified atom stereocenters. The molecular weight excluding hydrogens is 314 g/mol. The number of morpholine rings is 1. The molecule has 0 atom stereocenters. The molecule has 1 aromatic rings. The van der Waals surface area contributed by atoms with Crippen molar-refractivity contribution in [3.8, 4) is 17.6 Å². The molecule has 8 heteroatoms. The second-order valence-corrected chi connectivity index (χ2v) is 5.03. The van der Waals surface area contributed by atoms with Crippen LogP contribution in [-0.2, 0) is 14.3 Å². The van der Waals surface area contributed by atoms with Crippen molar-refractivity contribution in [3.63, 3.8) is 0 Å². The van der Waals surface area contributed by atoms with E-state index in [1.165, 1.54) is 7.11 Å². The lowest BCUT2D eigenvalue weighted by Crippen LogP contribution is -2.43. The van der Waals surface area contributed by atoms with Crippen LogP contribution in [0.1, 0.15) is 6.42 Å². The van der Waals surface area contributed by atoms with E-state index in [0.29, 0.717) is 43.5 Å². The summed E-state index contributed by atoms with van der Waals surface area (Å²) >= 11 is 0. The third-order valence-electron chi connectivity index (χ3n) is 3.40. The summed E-state index contributed by atoms with van der Waals surface area (Å²) in [6, 6.07) is 6.57. The molecule has 2 rings (SSSR count). The number of nitriles is 1. The molecular formula is C16H19N3O5. The van der Waals surface area contributed by atoms with Crippen molar-refractivity contribution in [3.05, 3.63) is 18.2 Å². The van der Waals surface area contributed by atoms with Gasteiger partial charge < -0.3 is 24.4 Å². The van der Waals surface area contributed by atoms with Gasteiger partial charge in [0.25, 0.3) is 5.91 Å². The van der Waals surface area contributed by atoms with Crippen LogP contribution in [0.5, 0.6) is 11.5 Å². The van der Waals surface area contributed by atoms with E-state index in [9.17, 15) is 9.59 Å². The molecule has 1 heterocycles. The number of nitrogens with zero attached hydrogens (tertiary/aromatic N) is 2. The Hall–Kier alpha value is -2.79. The van der Waals surface area contributed by atoms with Crippen molar-refractivity contribution in [1.82, 2.24) is 4.90 Å². The van der Waals surface area contributed by atoms with Crippen LogP contribution in [0.3, 0.4) is 0 Å². The predicted molar refractivity (Wildman–Crippen MR) is 84.7 cm³/mol. The highest BCUT2D eigenvalue weighted by Gasteiger charge is 2.18. The first-order valence-corrected chi connectivity index (χ1v) is 7.47. The van der Waals surface area contributed by atoms with Crippen LogP contribution in [0.4, 0.5) is 5.69 Å². The molecule has 0 bridgehead atoms. The quantitative estimate of drug-likeness (QED) is 0.826. The van der Waals surface area contributed by atoms with Crippen molar-refractivity contribution in [2.45, 2.75) is 6.42 Å². The van der Waals surface area contributed by atoms with E-state index in [4.69, 9.17) is 19.5 Å². The van der Waals surface area contributed by atoms with Gasteiger partial charge in [-0.05, 0) is 12.1 Å². The Morgan fingerprint density at radius 1 is 1.33 bits per heavy atom. The maximum atomic E-state index is 12.1. The van der Waals surface area contributed by atoms with Crippen LogP contribution >= 0.6 is 0 Å². The number of hydrogen-bond acceptors (Lipinski definition) is 6. The van der Waals surface area contributed by atoms with E-state index in [1.54, 1.807) is 29.2 Å². The molecule has 0 saturated carbocycles. The van der Waals surface area contributed by atoms with Crippen LogP contribution in [0.15, 0.2) is 18.2 Å². The van der Waals surface area contributed by atoms with Gasteiger partial charge >= 0.3 is 0 Å².